The van der Waals surface area contributed by atoms with E-state index in [4.69, 9.17) is 4.74 Å². The molecule has 0 saturated heterocycles. The lowest BCUT2D eigenvalue weighted by Crippen LogP contribution is -2.11. The summed E-state index contributed by atoms with van der Waals surface area (Å²) in [4.78, 5) is 3.96. The summed E-state index contributed by atoms with van der Waals surface area (Å²) in [7, 11) is 0. The summed E-state index contributed by atoms with van der Waals surface area (Å²) in [6.07, 6.45) is 8.26. The summed E-state index contributed by atoms with van der Waals surface area (Å²) in [5.41, 5.74) is 1.18. The highest BCUT2D eigenvalue weighted by atomic mass is 16.5. The number of ether oxygens (including phenoxy) is 1. The zero-order valence-electron chi connectivity index (χ0n) is 13.0. The third kappa shape index (κ3) is 5.21. The van der Waals surface area contributed by atoms with E-state index in [0.29, 0.717) is 5.92 Å². The predicted octanol–water partition coefficient (Wildman–Crippen LogP) is 3.92. The van der Waals surface area contributed by atoms with E-state index in [1.807, 2.05) is 16.8 Å². The molecule has 4 heteroatoms. The Morgan fingerprint density at radius 1 is 1.29 bits per heavy atom. The summed E-state index contributed by atoms with van der Waals surface area (Å²) in [6.45, 7) is 6.01. The molecular formula is C17H25N3O. The normalized spacial score (nSPS) is 12.3. The summed E-state index contributed by atoms with van der Waals surface area (Å²) in [5.74, 6) is 1.60. The molecule has 1 aromatic heterocycles. The molecule has 0 fully saturated rings. The molecule has 2 rings (SSSR count). The van der Waals surface area contributed by atoms with Gasteiger partial charge in [-0.15, -0.1) is 0 Å². The molecule has 0 saturated carbocycles. The number of hydrogen-bond donors (Lipinski definition) is 0. The van der Waals surface area contributed by atoms with Gasteiger partial charge in [0.25, 0.3) is 0 Å². The molecule has 2 aromatic rings. The van der Waals surface area contributed by atoms with Crippen LogP contribution in [0.4, 0.5) is 0 Å². The molecule has 0 bridgehead atoms. The molecular weight excluding hydrogens is 262 g/mol. The molecule has 1 unspecified atom stereocenters. The third-order valence-corrected chi connectivity index (χ3v) is 3.74. The van der Waals surface area contributed by atoms with E-state index in [1.165, 1.54) is 31.2 Å². The standard InChI is InChI=1S/C17H25N3O/c1-3-5-7-15(4-2)12-21-17-9-6-8-16(10-17)11-20-14-18-13-19-20/h6,8-10,13-15H,3-5,7,11-12H2,1-2H3. The van der Waals surface area contributed by atoms with Gasteiger partial charge in [0.1, 0.15) is 18.4 Å². The summed E-state index contributed by atoms with van der Waals surface area (Å²) in [6, 6.07) is 8.24. The highest BCUT2D eigenvalue weighted by molar-refractivity contribution is 5.28. The highest BCUT2D eigenvalue weighted by Crippen LogP contribution is 2.18. The molecule has 0 N–H and O–H groups in total. The second-order valence-corrected chi connectivity index (χ2v) is 5.47. The lowest BCUT2D eigenvalue weighted by molar-refractivity contribution is 0.233. The summed E-state index contributed by atoms with van der Waals surface area (Å²) >= 11 is 0. The van der Waals surface area contributed by atoms with Gasteiger partial charge in [-0.25, -0.2) is 9.67 Å². The quantitative estimate of drug-likeness (QED) is 0.701. The molecule has 1 heterocycles. The Bertz CT molecular complexity index is 511. The number of unbranched alkanes of at least 4 members (excludes halogenated alkanes) is 1. The minimum absolute atomic E-state index is 0.656. The summed E-state index contributed by atoms with van der Waals surface area (Å²) in [5, 5.41) is 4.13. The van der Waals surface area contributed by atoms with Crippen LogP contribution in [0.15, 0.2) is 36.9 Å². The lowest BCUT2D eigenvalue weighted by atomic mass is 10.0. The van der Waals surface area contributed by atoms with Gasteiger partial charge in [0.05, 0.1) is 13.2 Å². The van der Waals surface area contributed by atoms with Crippen molar-refractivity contribution >= 4 is 0 Å². The van der Waals surface area contributed by atoms with Crippen molar-refractivity contribution in [3.63, 3.8) is 0 Å². The Kier molecular flexibility index (Phi) is 6.25. The average Bonchev–Trinajstić information content (AvgIpc) is 3.01. The second-order valence-electron chi connectivity index (χ2n) is 5.47. The first-order valence-corrected chi connectivity index (χ1v) is 7.86. The van der Waals surface area contributed by atoms with Gasteiger partial charge in [-0.2, -0.15) is 5.10 Å². The maximum Gasteiger partial charge on any atom is 0.137 e. The van der Waals surface area contributed by atoms with Crippen LogP contribution in [-0.2, 0) is 6.54 Å². The van der Waals surface area contributed by atoms with Crippen LogP contribution >= 0.6 is 0 Å². The average molecular weight is 287 g/mol. The number of aromatic nitrogens is 3. The minimum atomic E-state index is 0.656. The van der Waals surface area contributed by atoms with Crippen molar-refractivity contribution in [1.82, 2.24) is 14.8 Å². The van der Waals surface area contributed by atoms with Crippen LogP contribution in [0.3, 0.4) is 0 Å². The smallest absolute Gasteiger partial charge is 0.137 e. The Balaban J connectivity index is 1.88. The molecule has 0 aliphatic rings. The fourth-order valence-electron chi connectivity index (χ4n) is 2.35. The van der Waals surface area contributed by atoms with Crippen LogP contribution in [0, 0.1) is 5.92 Å². The Hall–Kier alpha value is -1.84. The van der Waals surface area contributed by atoms with E-state index < -0.39 is 0 Å². The van der Waals surface area contributed by atoms with Crippen LogP contribution in [0.5, 0.6) is 5.75 Å². The zero-order valence-corrected chi connectivity index (χ0v) is 13.0. The van der Waals surface area contributed by atoms with Gasteiger partial charge < -0.3 is 4.74 Å². The first-order valence-electron chi connectivity index (χ1n) is 7.86. The van der Waals surface area contributed by atoms with Gasteiger partial charge in [0.15, 0.2) is 0 Å². The van der Waals surface area contributed by atoms with Crippen molar-refractivity contribution < 1.29 is 4.74 Å². The van der Waals surface area contributed by atoms with E-state index >= 15 is 0 Å². The van der Waals surface area contributed by atoms with Crippen molar-refractivity contribution in [3.05, 3.63) is 42.5 Å². The summed E-state index contributed by atoms with van der Waals surface area (Å²) < 4.78 is 7.79. The van der Waals surface area contributed by atoms with Gasteiger partial charge in [-0.3, -0.25) is 0 Å². The molecule has 0 radical (unpaired) electrons. The highest BCUT2D eigenvalue weighted by Gasteiger charge is 2.07. The van der Waals surface area contributed by atoms with E-state index in [2.05, 4.69) is 36.1 Å². The van der Waals surface area contributed by atoms with Crippen LogP contribution < -0.4 is 4.74 Å². The van der Waals surface area contributed by atoms with Crippen molar-refractivity contribution in [1.29, 1.82) is 0 Å². The zero-order chi connectivity index (χ0) is 14.9. The Morgan fingerprint density at radius 3 is 2.90 bits per heavy atom. The first kappa shape index (κ1) is 15.5. The monoisotopic (exact) mass is 287 g/mol. The molecule has 0 spiro atoms. The van der Waals surface area contributed by atoms with Crippen LogP contribution in [0.2, 0.25) is 0 Å². The number of rotatable bonds is 9. The van der Waals surface area contributed by atoms with Crippen molar-refractivity contribution in [2.45, 2.75) is 46.1 Å². The minimum Gasteiger partial charge on any atom is -0.493 e. The topological polar surface area (TPSA) is 39.9 Å². The van der Waals surface area contributed by atoms with Gasteiger partial charge in [0, 0.05) is 0 Å². The SMILES string of the molecule is CCCCC(CC)COc1cccc(Cn2cncn2)c1. The molecule has 0 amide bonds. The van der Waals surface area contributed by atoms with Crippen LogP contribution in [-0.4, -0.2) is 21.4 Å². The third-order valence-electron chi connectivity index (χ3n) is 3.74. The molecule has 4 nitrogen and oxygen atoms in total. The number of hydrogen-bond acceptors (Lipinski definition) is 3. The number of nitrogens with zero attached hydrogens (tertiary/aromatic N) is 3. The van der Waals surface area contributed by atoms with E-state index in [-0.39, 0.29) is 0 Å². The van der Waals surface area contributed by atoms with Crippen molar-refractivity contribution in [2.75, 3.05) is 6.61 Å². The van der Waals surface area contributed by atoms with E-state index in [9.17, 15) is 0 Å². The van der Waals surface area contributed by atoms with E-state index in [1.54, 1.807) is 12.7 Å². The first-order chi connectivity index (χ1) is 10.3. The fraction of sp³-hybridized carbons (Fsp3) is 0.529. The van der Waals surface area contributed by atoms with Crippen molar-refractivity contribution in [2.24, 2.45) is 5.92 Å². The van der Waals surface area contributed by atoms with Gasteiger partial charge in [-0.05, 0) is 30.0 Å². The van der Waals surface area contributed by atoms with E-state index in [0.717, 1.165) is 18.9 Å². The van der Waals surface area contributed by atoms with Gasteiger partial charge in [0.2, 0.25) is 0 Å². The molecule has 0 aliphatic carbocycles. The molecule has 1 atom stereocenters. The predicted molar refractivity (Wildman–Crippen MR) is 84.4 cm³/mol. The maximum absolute atomic E-state index is 5.97. The molecule has 114 valence electrons. The second kappa shape index (κ2) is 8.45. The Labute approximate surface area is 127 Å². The van der Waals surface area contributed by atoms with Gasteiger partial charge in [-0.1, -0.05) is 45.2 Å². The van der Waals surface area contributed by atoms with Gasteiger partial charge >= 0.3 is 0 Å². The molecule has 21 heavy (non-hydrogen) atoms. The van der Waals surface area contributed by atoms with Crippen LogP contribution in [0.25, 0.3) is 0 Å². The van der Waals surface area contributed by atoms with Crippen LogP contribution in [0.1, 0.15) is 45.1 Å². The lowest BCUT2D eigenvalue weighted by Gasteiger charge is -2.16. The van der Waals surface area contributed by atoms with Crippen molar-refractivity contribution in [3.8, 4) is 5.75 Å². The molecule has 1 aromatic carbocycles. The largest absolute Gasteiger partial charge is 0.493 e. The fourth-order valence-corrected chi connectivity index (χ4v) is 2.35. The number of benzene rings is 1. The Morgan fingerprint density at radius 2 is 2.19 bits per heavy atom. The maximum atomic E-state index is 5.97. The molecule has 0 aliphatic heterocycles.